The molecule has 2 aromatic rings. The maximum absolute atomic E-state index is 5.65. The first kappa shape index (κ1) is 22.4. The summed E-state index contributed by atoms with van der Waals surface area (Å²) >= 11 is 0. The Morgan fingerprint density at radius 2 is 1.59 bits per heavy atom. The molecule has 158 valence electrons. The quantitative estimate of drug-likeness (QED) is 0.344. The van der Waals surface area contributed by atoms with Crippen molar-refractivity contribution in [2.45, 2.75) is 26.2 Å². The van der Waals surface area contributed by atoms with Crippen LogP contribution in [-0.4, -0.2) is 46.9 Å². The average Bonchev–Trinajstić information content (AvgIpc) is 2.76. The molecule has 6 nitrogen and oxygen atoms in total. The Hall–Kier alpha value is -2.89. The molecule has 0 bridgehead atoms. The van der Waals surface area contributed by atoms with Crippen LogP contribution in [0.3, 0.4) is 0 Å². The Balaban J connectivity index is 1.70. The van der Waals surface area contributed by atoms with Crippen molar-refractivity contribution in [2.24, 2.45) is 4.99 Å². The van der Waals surface area contributed by atoms with Crippen LogP contribution in [0.5, 0.6) is 17.2 Å². The van der Waals surface area contributed by atoms with Gasteiger partial charge in [0.05, 0.1) is 20.8 Å². The highest BCUT2D eigenvalue weighted by Gasteiger charge is 2.05. The Morgan fingerprint density at radius 1 is 0.862 bits per heavy atom. The molecule has 0 saturated carbocycles. The lowest BCUT2D eigenvalue weighted by Crippen LogP contribution is -2.38. The van der Waals surface area contributed by atoms with E-state index in [0.29, 0.717) is 6.61 Å². The van der Waals surface area contributed by atoms with Crippen LogP contribution >= 0.6 is 0 Å². The zero-order chi connectivity index (χ0) is 20.9. The predicted octanol–water partition coefficient (Wildman–Crippen LogP) is 3.44. The molecule has 0 fully saturated rings. The predicted molar refractivity (Wildman–Crippen MR) is 119 cm³/mol. The minimum atomic E-state index is 0.625. The average molecular weight is 400 g/mol. The number of ether oxygens (including phenoxy) is 3. The second-order valence-electron chi connectivity index (χ2n) is 6.55. The van der Waals surface area contributed by atoms with Gasteiger partial charge < -0.3 is 24.8 Å². The van der Waals surface area contributed by atoms with Crippen LogP contribution in [0.1, 0.15) is 24.5 Å². The number of nitrogens with one attached hydrogen (secondary N) is 2. The Morgan fingerprint density at radius 3 is 2.24 bits per heavy atom. The Labute approximate surface area is 174 Å². The molecule has 0 radical (unpaired) electrons. The normalized spacial score (nSPS) is 11.1. The molecule has 0 aromatic heterocycles. The van der Waals surface area contributed by atoms with E-state index >= 15 is 0 Å². The van der Waals surface area contributed by atoms with Gasteiger partial charge in [0.25, 0.3) is 0 Å². The summed E-state index contributed by atoms with van der Waals surface area (Å²) in [5, 5.41) is 6.73. The molecule has 2 rings (SSSR count). The maximum Gasteiger partial charge on any atom is 0.190 e. The third-order valence-corrected chi connectivity index (χ3v) is 4.55. The molecule has 0 unspecified atom stereocenters. The summed E-state index contributed by atoms with van der Waals surface area (Å²) in [6, 6.07) is 14.3. The highest BCUT2D eigenvalue weighted by atomic mass is 16.5. The van der Waals surface area contributed by atoms with Gasteiger partial charge in [-0.2, -0.15) is 0 Å². The van der Waals surface area contributed by atoms with Crippen molar-refractivity contribution in [3.63, 3.8) is 0 Å². The molecule has 0 aliphatic rings. The minimum absolute atomic E-state index is 0.625. The van der Waals surface area contributed by atoms with E-state index in [4.69, 9.17) is 14.2 Å². The fourth-order valence-corrected chi connectivity index (χ4v) is 2.98. The van der Waals surface area contributed by atoms with E-state index in [-0.39, 0.29) is 0 Å². The Bertz CT molecular complexity index is 760. The summed E-state index contributed by atoms with van der Waals surface area (Å²) in [5.74, 6) is 3.28. The lowest BCUT2D eigenvalue weighted by molar-refractivity contribution is 0.310. The van der Waals surface area contributed by atoms with Crippen molar-refractivity contribution in [2.75, 3.05) is 41.0 Å². The number of hydrogen-bond acceptors (Lipinski definition) is 4. The zero-order valence-corrected chi connectivity index (χ0v) is 18.0. The summed E-state index contributed by atoms with van der Waals surface area (Å²) in [6.07, 6.45) is 2.88. The van der Waals surface area contributed by atoms with Crippen molar-refractivity contribution in [3.8, 4) is 17.2 Å². The molecular weight excluding hydrogens is 366 g/mol. The number of aliphatic imine (C=N–C) groups is 1. The molecule has 2 N–H and O–H groups in total. The van der Waals surface area contributed by atoms with Gasteiger partial charge in [0.15, 0.2) is 17.5 Å². The number of guanidine groups is 1. The highest BCUT2D eigenvalue weighted by Crippen LogP contribution is 2.28. The van der Waals surface area contributed by atoms with Gasteiger partial charge in [-0.15, -0.1) is 0 Å². The van der Waals surface area contributed by atoms with Crippen LogP contribution in [0, 0.1) is 0 Å². The van der Waals surface area contributed by atoms with Gasteiger partial charge >= 0.3 is 0 Å². The molecular formula is C23H33N3O3. The van der Waals surface area contributed by atoms with Gasteiger partial charge in [-0.05, 0) is 61.6 Å². The lowest BCUT2D eigenvalue weighted by Gasteiger charge is -2.13. The number of benzene rings is 2. The minimum Gasteiger partial charge on any atom is -0.497 e. The third kappa shape index (κ3) is 7.56. The van der Waals surface area contributed by atoms with E-state index in [2.05, 4.69) is 39.9 Å². The van der Waals surface area contributed by atoms with Crippen LogP contribution < -0.4 is 24.8 Å². The van der Waals surface area contributed by atoms with Crippen LogP contribution in [-0.2, 0) is 12.8 Å². The number of methoxy groups -OCH3 is 2. The first-order valence-corrected chi connectivity index (χ1v) is 10.1. The summed E-state index contributed by atoms with van der Waals surface area (Å²) in [7, 11) is 5.13. The van der Waals surface area contributed by atoms with Gasteiger partial charge in [0.2, 0.25) is 0 Å². The summed E-state index contributed by atoms with van der Waals surface area (Å²) < 4.78 is 16.2. The fraction of sp³-hybridized carbons (Fsp3) is 0.435. The second kappa shape index (κ2) is 12.5. The monoisotopic (exact) mass is 399 g/mol. The Kier molecular flexibility index (Phi) is 9.69. The molecule has 0 amide bonds. The SMILES string of the molecule is CCOc1cc(CCCNC(=NC)NCCc2ccc(OC)cc2)ccc1OC. The number of nitrogens with zero attached hydrogens (tertiary/aromatic N) is 1. The van der Waals surface area contributed by atoms with Gasteiger partial charge in [-0.3, -0.25) is 4.99 Å². The van der Waals surface area contributed by atoms with Gasteiger partial charge in [-0.25, -0.2) is 0 Å². The van der Waals surface area contributed by atoms with Crippen LogP contribution in [0.25, 0.3) is 0 Å². The van der Waals surface area contributed by atoms with E-state index in [0.717, 1.165) is 55.6 Å². The number of aryl methyl sites for hydroxylation is 1. The van der Waals surface area contributed by atoms with Crippen LogP contribution in [0.2, 0.25) is 0 Å². The summed E-state index contributed by atoms with van der Waals surface area (Å²) in [4.78, 5) is 4.29. The highest BCUT2D eigenvalue weighted by molar-refractivity contribution is 5.79. The van der Waals surface area contributed by atoms with Crippen LogP contribution in [0.4, 0.5) is 0 Å². The van der Waals surface area contributed by atoms with Gasteiger partial charge in [0, 0.05) is 20.1 Å². The lowest BCUT2D eigenvalue weighted by atomic mass is 10.1. The molecule has 0 aliphatic heterocycles. The number of hydrogen-bond donors (Lipinski definition) is 2. The largest absolute Gasteiger partial charge is 0.497 e. The van der Waals surface area contributed by atoms with Crippen molar-refractivity contribution in [1.82, 2.24) is 10.6 Å². The zero-order valence-electron chi connectivity index (χ0n) is 18.0. The molecule has 0 saturated heterocycles. The van der Waals surface area contributed by atoms with Crippen molar-refractivity contribution in [3.05, 3.63) is 53.6 Å². The topological polar surface area (TPSA) is 64.1 Å². The fourth-order valence-electron chi connectivity index (χ4n) is 2.98. The molecule has 0 atom stereocenters. The first-order chi connectivity index (χ1) is 14.2. The molecule has 0 heterocycles. The third-order valence-electron chi connectivity index (χ3n) is 4.55. The molecule has 29 heavy (non-hydrogen) atoms. The molecule has 6 heteroatoms. The van der Waals surface area contributed by atoms with E-state index in [1.165, 1.54) is 11.1 Å². The summed E-state index contributed by atoms with van der Waals surface area (Å²) in [6.45, 7) is 4.27. The standard InChI is InChI=1S/C23H33N3O3/c1-5-29-22-17-19(10-13-21(22)28-4)7-6-15-25-23(24-2)26-16-14-18-8-11-20(27-3)12-9-18/h8-13,17H,5-7,14-16H2,1-4H3,(H2,24,25,26). The summed E-state index contributed by atoms with van der Waals surface area (Å²) in [5.41, 5.74) is 2.50. The maximum atomic E-state index is 5.65. The second-order valence-corrected chi connectivity index (χ2v) is 6.55. The van der Waals surface area contributed by atoms with Crippen molar-refractivity contribution in [1.29, 1.82) is 0 Å². The van der Waals surface area contributed by atoms with Gasteiger partial charge in [0.1, 0.15) is 5.75 Å². The number of rotatable bonds is 11. The van der Waals surface area contributed by atoms with Crippen molar-refractivity contribution < 1.29 is 14.2 Å². The van der Waals surface area contributed by atoms with Crippen molar-refractivity contribution >= 4 is 5.96 Å². The van der Waals surface area contributed by atoms with Gasteiger partial charge in [-0.1, -0.05) is 18.2 Å². The molecule has 0 spiro atoms. The van der Waals surface area contributed by atoms with Crippen LogP contribution in [0.15, 0.2) is 47.5 Å². The molecule has 0 aliphatic carbocycles. The first-order valence-electron chi connectivity index (χ1n) is 10.1. The van der Waals surface area contributed by atoms with E-state index < -0.39 is 0 Å². The van der Waals surface area contributed by atoms with E-state index in [1.54, 1.807) is 21.3 Å². The molecule has 2 aromatic carbocycles. The van der Waals surface area contributed by atoms with E-state index in [1.807, 2.05) is 25.1 Å². The smallest absolute Gasteiger partial charge is 0.190 e. The van der Waals surface area contributed by atoms with E-state index in [9.17, 15) is 0 Å².